The van der Waals surface area contributed by atoms with Crippen LogP contribution in [-0.2, 0) is 9.53 Å². The van der Waals surface area contributed by atoms with Crippen molar-refractivity contribution in [3.63, 3.8) is 0 Å². The fourth-order valence-electron chi connectivity index (χ4n) is 2.00. The zero-order chi connectivity index (χ0) is 15.4. The van der Waals surface area contributed by atoms with Gasteiger partial charge in [0.1, 0.15) is 6.04 Å². The van der Waals surface area contributed by atoms with E-state index in [-0.39, 0.29) is 6.61 Å². The molecule has 9 heteroatoms. The summed E-state index contributed by atoms with van der Waals surface area (Å²) in [5.41, 5.74) is 5.43. The monoisotopic (exact) mass is 295 g/mol. The first-order chi connectivity index (χ1) is 10.0. The van der Waals surface area contributed by atoms with Gasteiger partial charge in [-0.3, -0.25) is 4.79 Å². The Labute approximate surface area is 123 Å². The number of anilines is 3. The fourth-order valence-corrected chi connectivity index (χ4v) is 2.00. The van der Waals surface area contributed by atoms with Gasteiger partial charge in [0, 0.05) is 27.2 Å². The molecule has 9 nitrogen and oxygen atoms in total. The molecule has 1 saturated heterocycles. The summed E-state index contributed by atoms with van der Waals surface area (Å²) in [6.07, 6.45) is 0. The number of carbonyl (C=O) groups excluding carboxylic acids is 1. The summed E-state index contributed by atoms with van der Waals surface area (Å²) in [6.45, 7) is 3.91. The van der Waals surface area contributed by atoms with E-state index in [1.807, 2.05) is 21.0 Å². The maximum absolute atomic E-state index is 11.6. The number of hydrogen-bond donors (Lipinski definition) is 2. The molecule has 1 atom stereocenters. The van der Waals surface area contributed by atoms with Gasteiger partial charge in [-0.1, -0.05) is 0 Å². The third kappa shape index (κ3) is 3.48. The Morgan fingerprint density at radius 2 is 2.24 bits per heavy atom. The van der Waals surface area contributed by atoms with Crippen LogP contribution >= 0.6 is 0 Å². The number of aromatic nitrogens is 3. The molecule has 0 spiro atoms. The van der Waals surface area contributed by atoms with Gasteiger partial charge in [0.25, 0.3) is 0 Å². The molecule has 1 aromatic rings. The minimum Gasteiger partial charge on any atom is -0.377 e. The molecule has 0 aliphatic carbocycles. The molecule has 21 heavy (non-hydrogen) atoms. The molecule has 1 amide bonds. The number of rotatable bonds is 5. The van der Waals surface area contributed by atoms with Crippen LogP contribution in [0.25, 0.3) is 0 Å². The quantitative estimate of drug-likeness (QED) is 0.716. The van der Waals surface area contributed by atoms with E-state index >= 15 is 0 Å². The number of nitrogens with two attached hydrogens (primary N) is 1. The number of ether oxygens (including phenoxy) is 1. The lowest BCUT2D eigenvalue weighted by Crippen LogP contribution is -2.53. The maximum Gasteiger partial charge on any atom is 0.242 e. The molecule has 1 aliphatic rings. The summed E-state index contributed by atoms with van der Waals surface area (Å²) < 4.78 is 5.31. The number of morpholine rings is 1. The van der Waals surface area contributed by atoms with Crippen molar-refractivity contribution in [2.75, 3.05) is 55.5 Å². The molecule has 0 aromatic carbocycles. The van der Waals surface area contributed by atoms with Crippen LogP contribution in [0, 0.1) is 0 Å². The maximum atomic E-state index is 11.6. The topological polar surface area (TPSA) is 110 Å². The molecular weight excluding hydrogens is 274 g/mol. The minimum absolute atomic E-state index is 0.245. The zero-order valence-electron chi connectivity index (χ0n) is 12.5. The number of carbonyl (C=O) groups is 1. The van der Waals surface area contributed by atoms with Crippen LogP contribution in [0.15, 0.2) is 0 Å². The van der Waals surface area contributed by atoms with E-state index in [4.69, 9.17) is 10.5 Å². The minimum atomic E-state index is -0.564. The lowest BCUT2D eigenvalue weighted by molar-refractivity contribution is -0.121. The highest BCUT2D eigenvalue weighted by Crippen LogP contribution is 2.19. The Hall–Kier alpha value is -2.16. The smallest absolute Gasteiger partial charge is 0.242 e. The van der Waals surface area contributed by atoms with Gasteiger partial charge in [-0.2, -0.15) is 15.0 Å². The van der Waals surface area contributed by atoms with Gasteiger partial charge in [-0.15, -0.1) is 0 Å². The summed E-state index contributed by atoms with van der Waals surface area (Å²) in [4.78, 5) is 28.2. The van der Waals surface area contributed by atoms with Crippen LogP contribution in [0.3, 0.4) is 0 Å². The lowest BCUT2D eigenvalue weighted by Gasteiger charge is -2.33. The molecule has 1 aromatic heterocycles. The second-order valence-electron chi connectivity index (χ2n) is 4.87. The van der Waals surface area contributed by atoms with Crippen molar-refractivity contribution in [1.82, 2.24) is 15.0 Å². The van der Waals surface area contributed by atoms with Crippen LogP contribution in [0.4, 0.5) is 17.8 Å². The molecule has 1 unspecified atom stereocenters. The highest BCUT2D eigenvalue weighted by Gasteiger charge is 2.30. The van der Waals surface area contributed by atoms with E-state index in [2.05, 4.69) is 20.3 Å². The molecule has 0 bridgehead atoms. The van der Waals surface area contributed by atoms with Crippen molar-refractivity contribution >= 4 is 23.8 Å². The van der Waals surface area contributed by atoms with Crippen LogP contribution < -0.4 is 20.9 Å². The number of hydrogen-bond acceptors (Lipinski definition) is 8. The van der Waals surface area contributed by atoms with E-state index in [1.54, 1.807) is 9.80 Å². The Kier molecular flexibility index (Phi) is 4.73. The molecular formula is C12H21N7O2. The highest BCUT2D eigenvalue weighted by molar-refractivity contribution is 5.83. The van der Waals surface area contributed by atoms with E-state index in [9.17, 15) is 4.79 Å². The Morgan fingerprint density at radius 1 is 1.48 bits per heavy atom. The number of nitrogens with zero attached hydrogens (tertiary/aromatic N) is 5. The van der Waals surface area contributed by atoms with Crippen molar-refractivity contribution in [2.45, 2.75) is 13.0 Å². The molecule has 2 heterocycles. The van der Waals surface area contributed by atoms with E-state index in [1.165, 1.54) is 0 Å². The van der Waals surface area contributed by atoms with Crippen LogP contribution in [0.2, 0.25) is 0 Å². The standard InChI is InChI=1S/C12H21N7O2/c1-4-14-10-15-11(18(2)3)17-12(16-10)19-5-6-21-7-8(19)9(13)20/h8H,4-7H2,1-3H3,(H2,13,20)(H,14,15,16,17). The SMILES string of the molecule is CCNc1nc(N(C)C)nc(N2CCOCC2C(N)=O)n1. The van der Waals surface area contributed by atoms with Gasteiger partial charge in [-0.05, 0) is 6.92 Å². The zero-order valence-corrected chi connectivity index (χ0v) is 12.5. The Balaban J connectivity index is 2.37. The first-order valence-electron chi connectivity index (χ1n) is 6.84. The van der Waals surface area contributed by atoms with Gasteiger partial charge < -0.3 is 25.6 Å². The molecule has 116 valence electrons. The predicted molar refractivity (Wildman–Crippen MR) is 79.5 cm³/mol. The average molecular weight is 295 g/mol. The van der Waals surface area contributed by atoms with Gasteiger partial charge >= 0.3 is 0 Å². The first-order valence-corrected chi connectivity index (χ1v) is 6.84. The summed E-state index contributed by atoms with van der Waals surface area (Å²) >= 11 is 0. The molecule has 2 rings (SSSR count). The fraction of sp³-hybridized carbons (Fsp3) is 0.667. The normalized spacial score (nSPS) is 18.4. The van der Waals surface area contributed by atoms with Gasteiger partial charge in [0.15, 0.2) is 0 Å². The molecule has 0 saturated carbocycles. The Bertz CT molecular complexity index is 508. The highest BCUT2D eigenvalue weighted by atomic mass is 16.5. The van der Waals surface area contributed by atoms with Crippen LogP contribution in [0.1, 0.15) is 6.92 Å². The molecule has 1 fully saturated rings. The van der Waals surface area contributed by atoms with Crippen LogP contribution in [-0.4, -0.2) is 67.3 Å². The second-order valence-corrected chi connectivity index (χ2v) is 4.87. The largest absolute Gasteiger partial charge is 0.377 e. The van der Waals surface area contributed by atoms with Crippen molar-refractivity contribution in [3.8, 4) is 0 Å². The average Bonchev–Trinajstić information content (AvgIpc) is 2.47. The summed E-state index contributed by atoms with van der Waals surface area (Å²) in [7, 11) is 3.69. The van der Waals surface area contributed by atoms with E-state index in [0.717, 1.165) is 0 Å². The van der Waals surface area contributed by atoms with Gasteiger partial charge in [-0.25, -0.2) is 0 Å². The number of primary amides is 1. The summed E-state index contributed by atoms with van der Waals surface area (Å²) in [5, 5.41) is 3.06. The first kappa shape index (κ1) is 15.2. The Morgan fingerprint density at radius 3 is 2.86 bits per heavy atom. The van der Waals surface area contributed by atoms with Crippen molar-refractivity contribution in [1.29, 1.82) is 0 Å². The molecule has 0 radical (unpaired) electrons. The van der Waals surface area contributed by atoms with Crippen molar-refractivity contribution < 1.29 is 9.53 Å². The molecule has 3 N–H and O–H groups in total. The van der Waals surface area contributed by atoms with Crippen molar-refractivity contribution in [2.24, 2.45) is 5.73 Å². The van der Waals surface area contributed by atoms with Crippen LogP contribution in [0.5, 0.6) is 0 Å². The number of amides is 1. The van der Waals surface area contributed by atoms with E-state index in [0.29, 0.717) is 37.5 Å². The number of nitrogens with one attached hydrogen (secondary N) is 1. The predicted octanol–water partition coefficient (Wildman–Crippen LogP) is -0.940. The molecule has 1 aliphatic heterocycles. The summed E-state index contributed by atoms with van der Waals surface area (Å²) in [5.74, 6) is 0.967. The third-order valence-electron chi connectivity index (χ3n) is 3.06. The lowest BCUT2D eigenvalue weighted by atomic mass is 10.2. The summed E-state index contributed by atoms with van der Waals surface area (Å²) in [6, 6.07) is -0.564. The van der Waals surface area contributed by atoms with Crippen molar-refractivity contribution in [3.05, 3.63) is 0 Å². The van der Waals surface area contributed by atoms with E-state index < -0.39 is 11.9 Å². The van der Waals surface area contributed by atoms with Gasteiger partial charge in [0.05, 0.1) is 13.2 Å². The third-order valence-corrected chi connectivity index (χ3v) is 3.06. The second kappa shape index (κ2) is 6.53. The van der Waals surface area contributed by atoms with Gasteiger partial charge in [0.2, 0.25) is 23.8 Å².